The molecule has 0 heterocycles. The standard InChI is InChI=1S/C14H17NO4/c1-4-9-19-14(18)15(3)12(13(16)17)11-7-5-10(2)6-8-11/h4-8,12H,1,9H2,2-3H3,(H,16,17). The molecule has 0 aliphatic carbocycles. The number of carbonyl (C=O) groups is 2. The molecule has 5 heteroatoms. The molecule has 1 unspecified atom stereocenters. The molecule has 1 aromatic rings. The Morgan fingerprint density at radius 1 is 1.42 bits per heavy atom. The molecule has 0 fully saturated rings. The zero-order valence-corrected chi connectivity index (χ0v) is 11.0. The Hall–Kier alpha value is -2.30. The third kappa shape index (κ3) is 3.84. The predicted octanol–water partition coefficient (Wildman–Crippen LogP) is 2.38. The van der Waals surface area contributed by atoms with Crippen LogP contribution in [0.1, 0.15) is 17.2 Å². The number of carboxylic acids is 1. The second-order valence-corrected chi connectivity index (χ2v) is 4.13. The molecule has 1 amide bonds. The number of aryl methyl sites for hydroxylation is 1. The Labute approximate surface area is 112 Å². The van der Waals surface area contributed by atoms with Gasteiger partial charge in [-0.1, -0.05) is 42.5 Å². The highest BCUT2D eigenvalue weighted by Crippen LogP contribution is 2.21. The van der Waals surface area contributed by atoms with Gasteiger partial charge in [-0.2, -0.15) is 0 Å². The van der Waals surface area contributed by atoms with Crippen LogP contribution in [0.2, 0.25) is 0 Å². The van der Waals surface area contributed by atoms with E-state index in [0.717, 1.165) is 10.5 Å². The van der Waals surface area contributed by atoms with Crippen molar-refractivity contribution in [1.29, 1.82) is 0 Å². The summed E-state index contributed by atoms with van der Waals surface area (Å²) in [4.78, 5) is 24.1. The van der Waals surface area contributed by atoms with Crippen LogP contribution in [0.5, 0.6) is 0 Å². The molecule has 1 aromatic carbocycles. The molecule has 0 aromatic heterocycles. The molecule has 0 spiro atoms. The number of aliphatic carboxylic acids is 1. The first-order chi connectivity index (χ1) is 8.97. The number of rotatable bonds is 5. The van der Waals surface area contributed by atoms with Crippen LogP contribution in [0.25, 0.3) is 0 Å². The van der Waals surface area contributed by atoms with E-state index in [1.165, 1.54) is 13.1 Å². The predicted molar refractivity (Wildman–Crippen MR) is 70.9 cm³/mol. The van der Waals surface area contributed by atoms with E-state index < -0.39 is 18.1 Å². The number of amides is 1. The van der Waals surface area contributed by atoms with Crippen molar-refractivity contribution in [2.75, 3.05) is 13.7 Å². The topological polar surface area (TPSA) is 66.8 Å². The quantitative estimate of drug-likeness (QED) is 0.828. The lowest BCUT2D eigenvalue weighted by molar-refractivity contribution is -0.142. The van der Waals surface area contributed by atoms with Gasteiger partial charge < -0.3 is 9.84 Å². The van der Waals surface area contributed by atoms with Crippen molar-refractivity contribution in [2.45, 2.75) is 13.0 Å². The molecule has 1 atom stereocenters. The average Bonchev–Trinajstić information content (AvgIpc) is 2.38. The van der Waals surface area contributed by atoms with E-state index in [-0.39, 0.29) is 6.61 Å². The molecular formula is C14H17NO4. The Bertz CT molecular complexity index is 467. The minimum Gasteiger partial charge on any atom is -0.479 e. The normalized spacial score (nSPS) is 11.5. The van der Waals surface area contributed by atoms with E-state index in [9.17, 15) is 14.7 Å². The number of hydrogen-bond donors (Lipinski definition) is 1. The number of benzene rings is 1. The lowest BCUT2D eigenvalue weighted by Crippen LogP contribution is -2.36. The van der Waals surface area contributed by atoms with Gasteiger partial charge in [0.2, 0.25) is 0 Å². The molecule has 0 saturated carbocycles. The van der Waals surface area contributed by atoms with Gasteiger partial charge in [-0.3, -0.25) is 4.90 Å². The van der Waals surface area contributed by atoms with Gasteiger partial charge in [-0.15, -0.1) is 0 Å². The summed E-state index contributed by atoms with van der Waals surface area (Å²) in [6.07, 6.45) is 0.723. The SMILES string of the molecule is C=CCOC(=O)N(C)C(C(=O)O)c1ccc(C)cc1. The zero-order valence-electron chi connectivity index (χ0n) is 11.0. The second-order valence-electron chi connectivity index (χ2n) is 4.13. The van der Waals surface area contributed by atoms with Crippen molar-refractivity contribution in [3.8, 4) is 0 Å². The van der Waals surface area contributed by atoms with Crippen LogP contribution >= 0.6 is 0 Å². The van der Waals surface area contributed by atoms with Gasteiger partial charge >= 0.3 is 12.1 Å². The number of hydrogen-bond acceptors (Lipinski definition) is 3. The summed E-state index contributed by atoms with van der Waals surface area (Å²) >= 11 is 0. The van der Waals surface area contributed by atoms with Crippen molar-refractivity contribution >= 4 is 12.1 Å². The highest BCUT2D eigenvalue weighted by atomic mass is 16.6. The molecule has 0 radical (unpaired) electrons. The summed E-state index contributed by atoms with van der Waals surface area (Å²) in [7, 11) is 1.39. The molecular weight excluding hydrogens is 246 g/mol. The monoisotopic (exact) mass is 263 g/mol. The van der Waals surface area contributed by atoms with Gasteiger partial charge in [0.05, 0.1) is 0 Å². The van der Waals surface area contributed by atoms with Crippen molar-refractivity contribution < 1.29 is 19.4 Å². The molecule has 1 rings (SSSR count). The highest BCUT2D eigenvalue weighted by Gasteiger charge is 2.29. The summed E-state index contributed by atoms with van der Waals surface area (Å²) in [6.45, 7) is 5.38. The molecule has 0 aliphatic heterocycles. The molecule has 0 bridgehead atoms. The van der Waals surface area contributed by atoms with Crippen LogP contribution in [0, 0.1) is 6.92 Å². The van der Waals surface area contributed by atoms with E-state index in [0.29, 0.717) is 5.56 Å². The van der Waals surface area contributed by atoms with Crippen LogP contribution in [-0.2, 0) is 9.53 Å². The van der Waals surface area contributed by atoms with Gasteiger partial charge in [0.1, 0.15) is 6.61 Å². The lowest BCUT2D eigenvalue weighted by atomic mass is 10.0. The van der Waals surface area contributed by atoms with Gasteiger partial charge in [0.15, 0.2) is 6.04 Å². The molecule has 5 nitrogen and oxygen atoms in total. The molecule has 102 valence electrons. The van der Waals surface area contributed by atoms with E-state index in [2.05, 4.69) is 6.58 Å². The Morgan fingerprint density at radius 2 is 2.00 bits per heavy atom. The van der Waals surface area contributed by atoms with Crippen molar-refractivity contribution in [3.63, 3.8) is 0 Å². The van der Waals surface area contributed by atoms with Gasteiger partial charge in [0, 0.05) is 7.05 Å². The van der Waals surface area contributed by atoms with E-state index in [1.807, 2.05) is 6.92 Å². The van der Waals surface area contributed by atoms with Crippen molar-refractivity contribution in [2.24, 2.45) is 0 Å². The largest absolute Gasteiger partial charge is 0.479 e. The summed E-state index contributed by atoms with van der Waals surface area (Å²) in [5.74, 6) is -1.11. The van der Waals surface area contributed by atoms with Crippen LogP contribution in [0.3, 0.4) is 0 Å². The lowest BCUT2D eigenvalue weighted by Gasteiger charge is -2.24. The summed E-state index contributed by atoms with van der Waals surface area (Å²) in [5.41, 5.74) is 1.54. The third-order valence-electron chi connectivity index (χ3n) is 2.63. The van der Waals surface area contributed by atoms with Gasteiger partial charge in [0.25, 0.3) is 0 Å². The maximum atomic E-state index is 11.7. The maximum Gasteiger partial charge on any atom is 0.410 e. The maximum absolute atomic E-state index is 11.7. The summed E-state index contributed by atoms with van der Waals surface area (Å²) in [6, 6.07) is 5.90. The van der Waals surface area contributed by atoms with Gasteiger partial charge in [-0.25, -0.2) is 9.59 Å². The first-order valence-electron chi connectivity index (χ1n) is 5.77. The fourth-order valence-electron chi connectivity index (χ4n) is 1.62. The van der Waals surface area contributed by atoms with Gasteiger partial charge in [-0.05, 0) is 12.5 Å². The number of likely N-dealkylation sites (N-methyl/N-ethyl adjacent to an activating group) is 1. The van der Waals surface area contributed by atoms with Crippen LogP contribution in [-0.4, -0.2) is 35.7 Å². The summed E-state index contributed by atoms with van der Waals surface area (Å²) in [5, 5.41) is 9.27. The smallest absolute Gasteiger partial charge is 0.410 e. The van der Waals surface area contributed by atoms with Crippen LogP contribution in [0.4, 0.5) is 4.79 Å². The number of carbonyl (C=O) groups excluding carboxylic acids is 1. The van der Waals surface area contributed by atoms with E-state index in [4.69, 9.17) is 4.74 Å². The first kappa shape index (κ1) is 14.8. The fraction of sp³-hybridized carbons (Fsp3) is 0.286. The Morgan fingerprint density at radius 3 is 2.47 bits per heavy atom. The second kappa shape index (κ2) is 6.58. The molecule has 19 heavy (non-hydrogen) atoms. The van der Waals surface area contributed by atoms with Crippen LogP contribution < -0.4 is 0 Å². The zero-order chi connectivity index (χ0) is 14.4. The van der Waals surface area contributed by atoms with Crippen LogP contribution in [0.15, 0.2) is 36.9 Å². The molecule has 0 aliphatic rings. The number of carboxylic acid groups (broad SMARTS) is 1. The van der Waals surface area contributed by atoms with Crippen molar-refractivity contribution in [1.82, 2.24) is 4.90 Å². The third-order valence-corrected chi connectivity index (χ3v) is 2.63. The molecule has 1 N–H and O–H groups in total. The number of ether oxygens (including phenoxy) is 1. The summed E-state index contributed by atoms with van der Waals surface area (Å²) < 4.78 is 4.83. The van der Waals surface area contributed by atoms with E-state index in [1.54, 1.807) is 24.3 Å². The number of nitrogens with zero attached hydrogens (tertiary/aromatic N) is 1. The highest BCUT2D eigenvalue weighted by molar-refractivity contribution is 5.81. The minimum atomic E-state index is -1.11. The first-order valence-corrected chi connectivity index (χ1v) is 5.77. The minimum absolute atomic E-state index is 0.0450. The molecule has 0 saturated heterocycles. The van der Waals surface area contributed by atoms with Crippen molar-refractivity contribution in [3.05, 3.63) is 48.0 Å². The Kier molecular flexibility index (Phi) is 5.11. The average molecular weight is 263 g/mol. The Balaban J connectivity index is 2.94. The van der Waals surface area contributed by atoms with E-state index >= 15 is 0 Å². The fourth-order valence-corrected chi connectivity index (χ4v) is 1.62.